The molecule has 0 saturated carbocycles. The highest BCUT2D eigenvalue weighted by molar-refractivity contribution is 7.98. The molecule has 0 fully saturated rings. The molecule has 1 aromatic heterocycles. The smallest absolute Gasteiger partial charge is 0.224 e. The van der Waals surface area contributed by atoms with Crippen molar-refractivity contribution in [2.75, 3.05) is 11.6 Å². The van der Waals surface area contributed by atoms with E-state index in [9.17, 15) is 9.18 Å². The van der Waals surface area contributed by atoms with Gasteiger partial charge in [0.2, 0.25) is 5.91 Å². The first-order valence-corrected chi connectivity index (χ1v) is 8.64. The number of nitrogens with one attached hydrogen (secondary N) is 1. The van der Waals surface area contributed by atoms with E-state index in [4.69, 9.17) is 11.6 Å². The van der Waals surface area contributed by atoms with Crippen molar-refractivity contribution in [1.29, 1.82) is 0 Å². The zero-order chi connectivity index (χ0) is 17.0. The minimum absolute atomic E-state index is 0.179. The standard InChI is InChI=1S/C16H17ClFN3OS/c1-9-12(10(2)20-16(19-9)23-3)5-7-15(22)21-14-6-4-11(18)8-13(14)17/h4,6,8H,5,7H2,1-3H3,(H,21,22). The second-order valence-corrected chi connectivity index (χ2v) is 6.21. The van der Waals surface area contributed by atoms with Crippen LogP contribution in [0.4, 0.5) is 10.1 Å². The molecule has 1 heterocycles. The van der Waals surface area contributed by atoms with Gasteiger partial charge < -0.3 is 5.32 Å². The second-order valence-electron chi connectivity index (χ2n) is 5.03. The number of amides is 1. The number of carbonyl (C=O) groups is 1. The summed E-state index contributed by atoms with van der Waals surface area (Å²) in [6, 6.07) is 3.87. The van der Waals surface area contributed by atoms with Gasteiger partial charge in [0, 0.05) is 17.8 Å². The largest absolute Gasteiger partial charge is 0.325 e. The summed E-state index contributed by atoms with van der Waals surface area (Å²) in [6.07, 6.45) is 2.74. The van der Waals surface area contributed by atoms with Crippen LogP contribution in [0.25, 0.3) is 0 Å². The number of hydrogen-bond acceptors (Lipinski definition) is 4. The van der Waals surface area contributed by atoms with Gasteiger partial charge in [0.15, 0.2) is 5.16 Å². The molecule has 0 unspecified atom stereocenters. The summed E-state index contributed by atoms with van der Waals surface area (Å²) >= 11 is 7.39. The fraction of sp³-hybridized carbons (Fsp3) is 0.312. The second kappa shape index (κ2) is 7.75. The van der Waals surface area contributed by atoms with Crippen molar-refractivity contribution < 1.29 is 9.18 Å². The normalized spacial score (nSPS) is 10.7. The van der Waals surface area contributed by atoms with Crippen molar-refractivity contribution in [3.63, 3.8) is 0 Å². The molecule has 0 bridgehead atoms. The van der Waals surface area contributed by atoms with Crippen molar-refractivity contribution >= 4 is 35.0 Å². The van der Waals surface area contributed by atoms with E-state index in [1.165, 1.54) is 30.0 Å². The average molecular weight is 354 g/mol. The molecule has 2 rings (SSSR count). The van der Waals surface area contributed by atoms with E-state index in [0.29, 0.717) is 12.1 Å². The van der Waals surface area contributed by atoms with Gasteiger partial charge in [0.05, 0.1) is 10.7 Å². The molecular weight excluding hydrogens is 337 g/mol. The van der Waals surface area contributed by atoms with Crippen LogP contribution in [0.1, 0.15) is 23.4 Å². The molecule has 0 aliphatic heterocycles. The molecule has 0 spiro atoms. The molecule has 1 N–H and O–H groups in total. The lowest BCUT2D eigenvalue weighted by Gasteiger charge is -2.11. The summed E-state index contributed by atoms with van der Waals surface area (Å²) in [6.45, 7) is 3.83. The fourth-order valence-electron chi connectivity index (χ4n) is 2.20. The SMILES string of the molecule is CSc1nc(C)c(CCC(=O)Nc2ccc(F)cc2Cl)c(C)n1. The van der Waals surface area contributed by atoms with E-state index in [1.54, 1.807) is 0 Å². The van der Waals surface area contributed by atoms with E-state index in [-0.39, 0.29) is 17.4 Å². The van der Waals surface area contributed by atoms with Gasteiger partial charge in [-0.25, -0.2) is 14.4 Å². The Morgan fingerprint density at radius 2 is 1.96 bits per heavy atom. The van der Waals surface area contributed by atoms with Crippen LogP contribution >= 0.6 is 23.4 Å². The van der Waals surface area contributed by atoms with Crippen LogP contribution in [0, 0.1) is 19.7 Å². The zero-order valence-electron chi connectivity index (χ0n) is 13.1. The predicted octanol–water partition coefficient (Wildman–Crippen LogP) is 4.18. The first-order chi connectivity index (χ1) is 10.9. The molecule has 1 aromatic carbocycles. The van der Waals surface area contributed by atoms with Gasteiger partial charge in [-0.15, -0.1) is 0 Å². The predicted molar refractivity (Wildman–Crippen MR) is 91.6 cm³/mol. The first-order valence-electron chi connectivity index (χ1n) is 7.03. The van der Waals surface area contributed by atoms with Crippen molar-refractivity contribution in [2.24, 2.45) is 0 Å². The van der Waals surface area contributed by atoms with Crippen LogP contribution < -0.4 is 5.32 Å². The quantitative estimate of drug-likeness (QED) is 0.647. The lowest BCUT2D eigenvalue weighted by molar-refractivity contribution is -0.116. The molecule has 0 saturated heterocycles. The molecule has 2 aromatic rings. The number of rotatable bonds is 5. The number of benzene rings is 1. The van der Waals surface area contributed by atoms with Crippen molar-refractivity contribution in [2.45, 2.75) is 31.8 Å². The average Bonchev–Trinajstić information content (AvgIpc) is 2.49. The summed E-state index contributed by atoms with van der Waals surface area (Å²) < 4.78 is 13.0. The summed E-state index contributed by atoms with van der Waals surface area (Å²) in [5, 5.41) is 3.59. The zero-order valence-corrected chi connectivity index (χ0v) is 14.7. The Kier molecular flexibility index (Phi) is 5.96. The minimum atomic E-state index is -0.440. The van der Waals surface area contributed by atoms with Crippen LogP contribution in [-0.2, 0) is 11.2 Å². The summed E-state index contributed by atoms with van der Waals surface area (Å²) in [5.74, 6) is -0.628. The molecule has 4 nitrogen and oxygen atoms in total. The van der Waals surface area contributed by atoms with Crippen LogP contribution in [0.3, 0.4) is 0 Å². The van der Waals surface area contributed by atoms with E-state index < -0.39 is 5.82 Å². The molecule has 0 radical (unpaired) electrons. The number of aryl methyl sites for hydroxylation is 2. The summed E-state index contributed by atoms with van der Waals surface area (Å²) in [7, 11) is 0. The van der Waals surface area contributed by atoms with Crippen molar-refractivity contribution in [3.8, 4) is 0 Å². The Balaban J connectivity index is 2.02. The number of nitrogens with zero attached hydrogens (tertiary/aromatic N) is 2. The Hall–Kier alpha value is -1.66. The minimum Gasteiger partial charge on any atom is -0.325 e. The molecule has 23 heavy (non-hydrogen) atoms. The Morgan fingerprint density at radius 1 is 1.30 bits per heavy atom. The fourth-order valence-corrected chi connectivity index (χ4v) is 2.87. The number of hydrogen-bond donors (Lipinski definition) is 1. The maximum absolute atomic E-state index is 13.0. The van der Waals surface area contributed by atoms with Crippen LogP contribution in [0.2, 0.25) is 5.02 Å². The van der Waals surface area contributed by atoms with Crippen LogP contribution in [-0.4, -0.2) is 22.1 Å². The third kappa shape index (κ3) is 4.65. The number of aromatic nitrogens is 2. The van der Waals surface area contributed by atoms with Gasteiger partial charge in [-0.2, -0.15) is 0 Å². The third-order valence-corrected chi connectivity index (χ3v) is 4.25. The Bertz CT molecular complexity index is 716. The van der Waals surface area contributed by atoms with Gasteiger partial charge in [0.1, 0.15) is 5.82 Å². The molecular formula is C16H17ClFN3OS. The van der Waals surface area contributed by atoms with Crippen LogP contribution in [0.15, 0.2) is 23.4 Å². The summed E-state index contributed by atoms with van der Waals surface area (Å²) in [5.41, 5.74) is 3.15. The third-order valence-electron chi connectivity index (χ3n) is 3.39. The highest BCUT2D eigenvalue weighted by Gasteiger charge is 2.12. The highest BCUT2D eigenvalue weighted by atomic mass is 35.5. The van der Waals surface area contributed by atoms with Crippen molar-refractivity contribution in [3.05, 3.63) is 46.0 Å². The topological polar surface area (TPSA) is 54.9 Å². The molecule has 1 amide bonds. The van der Waals surface area contributed by atoms with Gasteiger partial charge in [0.25, 0.3) is 0 Å². The maximum atomic E-state index is 13.0. The number of thioether (sulfide) groups is 1. The summed E-state index contributed by atoms with van der Waals surface area (Å²) in [4.78, 5) is 20.9. The van der Waals surface area contributed by atoms with E-state index in [0.717, 1.165) is 22.1 Å². The van der Waals surface area contributed by atoms with E-state index >= 15 is 0 Å². The van der Waals surface area contributed by atoms with Gasteiger partial charge in [-0.3, -0.25) is 4.79 Å². The Morgan fingerprint density at radius 3 is 2.52 bits per heavy atom. The first kappa shape index (κ1) is 17.7. The molecule has 0 aliphatic carbocycles. The van der Waals surface area contributed by atoms with Gasteiger partial charge in [-0.05, 0) is 50.3 Å². The molecule has 7 heteroatoms. The lowest BCUT2D eigenvalue weighted by Crippen LogP contribution is -2.14. The van der Waals surface area contributed by atoms with E-state index in [2.05, 4.69) is 15.3 Å². The number of carbonyl (C=O) groups excluding carboxylic acids is 1. The Labute approximate surface area is 143 Å². The van der Waals surface area contributed by atoms with Gasteiger partial charge in [-0.1, -0.05) is 23.4 Å². The number of anilines is 1. The van der Waals surface area contributed by atoms with E-state index in [1.807, 2.05) is 20.1 Å². The molecule has 0 atom stereocenters. The highest BCUT2D eigenvalue weighted by Crippen LogP contribution is 2.23. The molecule has 122 valence electrons. The monoisotopic (exact) mass is 353 g/mol. The lowest BCUT2D eigenvalue weighted by atomic mass is 10.1. The van der Waals surface area contributed by atoms with Crippen LogP contribution in [0.5, 0.6) is 0 Å². The molecule has 0 aliphatic rings. The number of halogens is 2. The van der Waals surface area contributed by atoms with Gasteiger partial charge >= 0.3 is 0 Å². The van der Waals surface area contributed by atoms with Crippen molar-refractivity contribution in [1.82, 2.24) is 9.97 Å². The maximum Gasteiger partial charge on any atom is 0.224 e.